The van der Waals surface area contributed by atoms with Crippen LogP contribution in [0.25, 0.3) is 0 Å². The van der Waals surface area contributed by atoms with Crippen LogP contribution in [0, 0.1) is 13.8 Å². The fourth-order valence-corrected chi connectivity index (χ4v) is 2.41. The molecule has 108 valence electrons. The number of aromatic nitrogens is 2. The van der Waals surface area contributed by atoms with Crippen LogP contribution in [-0.2, 0) is 17.9 Å². The predicted molar refractivity (Wildman–Crippen MR) is 78.2 cm³/mol. The van der Waals surface area contributed by atoms with Gasteiger partial charge in [0.2, 0.25) is 5.91 Å². The number of nitrogens with one attached hydrogen (secondary N) is 1. The molecule has 1 atom stereocenters. The second kappa shape index (κ2) is 7.55. The van der Waals surface area contributed by atoms with E-state index in [1.807, 2.05) is 31.7 Å². The first kappa shape index (κ1) is 16.0. The van der Waals surface area contributed by atoms with Gasteiger partial charge in [0.15, 0.2) is 0 Å². The SMILES string of the molecule is CCn1nc(C)c(CNC(=O)[C@H](O)CCSC)c1C. The zero-order chi connectivity index (χ0) is 14.4. The summed E-state index contributed by atoms with van der Waals surface area (Å²) in [5, 5.41) is 16.8. The van der Waals surface area contributed by atoms with E-state index < -0.39 is 6.10 Å². The molecule has 0 aliphatic carbocycles. The molecule has 0 bridgehead atoms. The molecule has 0 fully saturated rings. The van der Waals surface area contributed by atoms with Crippen molar-refractivity contribution >= 4 is 17.7 Å². The number of carbonyl (C=O) groups is 1. The Hall–Kier alpha value is -1.01. The predicted octanol–water partition coefficient (Wildman–Crippen LogP) is 1.25. The number of carbonyl (C=O) groups excluding carboxylic acids is 1. The molecule has 0 spiro atoms. The van der Waals surface area contributed by atoms with Crippen molar-refractivity contribution < 1.29 is 9.90 Å². The number of thioether (sulfide) groups is 1. The second-order valence-electron chi connectivity index (χ2n) is 4.48. The highest BCUT2D eigenvalue weighted by Crippen LogP contribution is 2.12. The lowest BCUT2D eigenvalue weighted by Crippen LogP contribution is -2.34. The van der Waals surface area contributed by atoms with E-state index >= 15 is 0 Å². The summed E-state index contributed by atoms with van der Waals surface area (Å²) in [6.45, 7) is 7.21. The summed E-state index contributed by atoms with van der Waals surface area (Å²) in [6, 6.07) is 0. The molecule has 1 aromatic heterocycles. The summed E-state index contributed by atoms with van der Waals surface area (Å²) in [5.74, 6) is 0.470. The number of rotatable bonds is 7. The number of aliphatic hydroxyl groups is 1. The average Bonchev–Trinajstić information content (AvgIpc) is 2.68. The van der Waals surface area contributed by atoms with Gasteiger partial charge in [-0.05, 0) is 39.2 Å². The molecule has 6 heteroatoms. The number of aryl methyl sites for hydroxylation is 2. The summed E-state index contributed by atoms with van der Waals surface area (Å²) >= 11 is 1.62. The quantitative estimate of drug-likeness (QED) is 0.791. The van der Waals surface area contributed by atoms with Crippen LogP contribution in [0.1, 0.15) is 30.3 Å². The van der Waals surface area contributed by atoms with Crippen molar-refractivity contribution in [3.63, 3.8) is 0 Å². The molecule has 0 radical (unpaired) electrons. The van der Waals surface area contributed by atoms with Gasteiger partial charge in [-0.25, -0.2) is 0 Å². The van der Waals surface area contributed by atoms with E-state index in [-0.39, 0.29) is 5.91 Å². The van der Waals surface area contributed by atoms with Gasteiger partial charge in [0.25, 0.3) is 0 Å². The third-order valence-corrected chi connectivity index (χ3v) is 3.81. The lowest BCUT2D eigenvalue weighted by molar-refractivity contribution is -0.129. The molecule has 2 N–H and O–H groups in total. The molecule has 0 unspecified atom stereocenters. The van der Waals surface area contributed by atoms with Gasteiger partial charge in [0, 0.05) is 24.3 Å². The summed E-state index contributed by atoms with van der Waals surface area (Å²) in [7, 11) is 0. The Kier molecular flexibility index (Phi) is 6.37. The molecule has 0 aliphatic heterocycles. The van der Waals surface area contributed by atoms with E-state index in [1.165, 1.54) is 0 Å². The second-order valence-corrected chi connectivity index (χ2v) is 5.47. The molecule has 1 aromatic rings. The molecule has 5 nitrogen and oxygen atoms in total. The Bertz CT molecular complexity index is 432. The van der Waals surface area contributed by atoms with Crippen molar-refractivity contribution in [2.75, 3.05) is 12.0 Å². The van der Waals surface area contributed by atoms with Gasteiger partial charge in [0.1, 0.15) is 6.10 Å². The van der Waals surface area contributed by atoms with Gasteiger partial charge in [0.05, 0.1) is 5.69 Å². The maximum Gasteiger partial charge on any atom is 0.249 e. The Labute approximate surface area is 118 Å². The molecule has 1 rings (SSSR count). The van der Waals surface area contributed by atoms with Gasteiger partial charge in [-0.15, -0.1) is 0 Å². The molecule has 0 aliphatic rings. The third-order valence-electron chi connectivity index (χ3n) is 3.17. The first-order chi connectivity index (χ1) is 9.01. The topological polar surface area (TPSA) is 67.2 Å². The minimum atomic E-state index is -0.922. The zero-order valence-electron chi connectivity index (χ0n) is 12.1. The third kappa shape index (κ3) is 4.24. The highest BCUT2D eigenvalue weighted by atomic mass is 32.2. The van der Waals surface area contributed by atoms with Gasteiger partial charge < -0.3 is 10.4 Å². The van der Waals surface area contributed by atoms with Crippen LogP contribution in [0.15, 0.2) is 0 Å². The number of hydrogen-bond donors (Lipinski definition) is 2. The fraction of sp³-hybridized carbons (Fsp3) is 0.692. The van der Waals surface area contributed by atoms with Crippen molar-refractivity contribution in [3.8, 4) is 0 Å². The van der Waals surface area contributed by atoms with Crippen molar-refractivity contribution in [2.45, 2.75) is 46.4 Å². The van der Waals surface area contributed by atoms with E-state index in [0.29, 0.717) is 13.0 Å². The van der Waals surface area contributed by atoms with Crippen LogP contribution in [-0.4, -0.2) is 38.9 Å². The summed E-state index contributed by atoms with van der Waals surface area (Å²) in [6.07, 6.45) is 1.52. The van der Waals surface area contributed by atoms with Crippen molar-refractivity contribution in [1.29, 1.82) is 0 Å². The molecule has 0 saturated heterocycles. The maximum atomic E-state index is 11.7. The van der Waals surface area contributed by atoms with Gasteiger partial charge in [-0.3, -0.25) is 9.48 Å². The van der Waals surface area contributed by atoms with E-state index in [0.717, 1.165) is 29.2 Å². The smallest absolute Gasteiger partial charge is 0.249 e. The monoisotopic (exact) mass is 285 g/mol. The first-order valence-corrected chi connectivity index (χ1v) is 7.88. The van der Waals surface area contributed by atoms with Crippen LogP contribution in [0.3, 0.4) is 0 Å². The average molecular weight is 285 g/mol. The first-order valence-electron chi connectivity index (χ1n) is 6.48. The van der Waals surface area contributed by atoms with E-state index in [1.54, 1.807) is 11.8 Å². The Morgan fingerprint density at radius 2 is 2.21 bits per heavy atom. The molecule has 1 heterocycles. The number of hydrogen-bond acceptors (Lipinski definition) is 4. The highest BCUT2D eigenvalue weighted by Gasteiger charge is 2.16. The summed E-state index contributed by atoms with van der Waals surface area (Å²) < 4.78 is 1.92. The minimum absolute atomic E-state index is 0.308. The van der Waals surface area contributed by atoms with E-state index in [2.05, 4.69) is 10.4 Å². The van der Waals surface area contributed by atoms with Gasteiger partial charge in [-0.2, -0.15) is 16.9 Å². The van der Waals surface area contributed by atoms with Crippen LogP contribution in [0.5, 0.6) is 0 Å². The van der Waals surface area contributed by atoms with Crippen LogP contribution < -0.4 is 5.32 Å². The number of nitrogens with zero attached hydrogens (tertiary/aromatic N) is 2. The number of amides is 1. The Morgan fingerprint density at radius 1 is 1.53 bits per heavy atom. The minimum Gasteiger partial charge on any atom is -0.383 e. The van der Waals surface area contributed by atoms with E-state index in [4.69, 9.17) is 0 Å². The Morgan fingerprint density at radius 3 is 2.74 bits per heavy atom. The number of aliphatic hydroxyl groups excluding tert-OH is 1. The molecule has 1 amide bonds. The fourth-order valence-electron chi connectivity index (χ4n) is 1.95. The summed E-state index contributed by atoms with van der Waals surface area (Å²) in [5.41, 5.74) is 3.03. The van der Waals surface area contributed by atoms with E-state index in [9.17, 15) is 9.90 Å². The Balaban J connectivity index is 2.57. The largest absolute Gasteiger partial charge is 0.383 e. The van der Waals surface area contributed by atoms with Crippen molar-refractivity contribution in [1.82, 2.24) is 15.1 Å². The van der Waals surface area contributed by atoms with Crippen molar-refractivity contribution in [2.24, 2.45) is 0 Å². The standard InChI is InChI=1S/C13H23N3O2S/c1-5-16-10(3)11(9(2)15-16)8-14-13(18)12(17)6-7-19-4/h12,17H,5-8H2,1-4H3,(H,14,18)/t12-/m1/s1. The van der Waals surface area contributed by atoms with Crippen LogP contribution in [0.4, 0.5) is 0 Å². The van der Waals surface area contributed by atoms with Crippen LogP contribution >= 0.6 is 11.8 Å². The highest BCUT2D eigenvalue weighted by molar-refractivity contribution is 7.98. The zero-order valence-corrected chi connectivity index (χ0v) is 12.9. The normalized spacial score (nSPS) is 12.5. The molecule has 19 heavy (non-hydrogen) atoms. The molecular formula is C13H23N3O2S. The molecular weight excluding hydrogens is 262 g/mol. The summed E-state index contributed by atoms with van der Waals surface area (Å²) in [4.78, 5) is 11.7. The van der Waals surface area contributed by atoms with Crippen molar-refractivity contribution in [3.05, 3.63) is 17.0 Å². The lowest BCUT2D eigenvalue weighted by atomic mass is 10.2. The maximum absolute atomic E-state index is 11.7. The molecule has 0 aromatic carbocycles. The lowest BCUT2D eigenvalue weighted by Gasteiger charge is -2.11. The van der Waals surface area contributed by atoms with Gasteiger partial charge >= 0.3 is 0 Å². The van der Waals surface area contributed by atoms with Gasteiger partial charge in [-0.1, -0.05) is 0 Å². The van der Waals surface area contributed by atoms with Crippen LogP contribution in [0.2, 0.25) is 0 Å². The molecule has 0 saturated carbocycles.